The van der Waals surface area contributed by atoms with Gasteiger partial charge in [0.2, 0.25) is 0 Å². The molecule has 3 heterocycles. The van der Waals surface area contributed by atoms with Crippen LogP contribution in [0.4, 0.5) is 13.9 Å². The summed E-state index contributed by atoms with van der Waals surface area (Å²) in [6, 6.07) is 23.8. The molecule has 4 aromatic rings. The molecule has 11 heteroatoms. The van der Waals surface area contributed by atoms with Crippen molar-refractivity contribution in [1.82, 2.24) is 14.8 Å². The molecule has 1 amide bonds. The molecule has 2 aliphatic heterocycles. The molecule has 1 unspecified atom stereocenters. The van der Waals surface area contributed by atoms with Crippen molar-refractivity contribution in [2.75, 3.05) is 58.3 Å². The quantitative estimate of drug-likeness (QED) is 0.197. The van der Waals surface area contributed by atoms with Gasteiger partial charge in [-0.1, -0.05) is 54.6 Å². The lowest BCUT2D eigenvalue weighted by molar-refractivity contribution is -0.113. The molecular weight excluding hydrogens is 649 g/mol. The Morgan fingerprint density at radius 1 is 0.913 bits per heavy atom. The van der Waals surface area contributed by atoms with Crippen molar-refractivity contribution in [2.24, 2.45) is 0 Å². The van der Waals surface area contributed by atoms with Crippen molar-refractivity contribution in [3.8, 4) is 0 Å². The second-order valence-electron chi connectivity index (χ2n) is 12.0. The first-order chi connectivity index (χ1) is 21.3. The van der Waals surface area contributed by atoms with Crippen LogP contribution in [0.15, 0.2) is 84.2 Å². The molecule has 0 N–H and O–H groups in total. The summed E-state index contributed by atoms with van der Waals surface area (Å²) in [4.78, 5) is 24.7. The van der Waals surface area contributed by atoms with Crippen molar-refractivity contribution in [3.05, 3.63) is 118 Å². The molecule has 2 aliphatic rings. The van der Waals surface area contributed by atoms with Crippen molar-refractivity contribution >= 4 is 47.2 Å². The number of likely N-dealkylation sites (tertiary alicyclic amines) is 1. The molecule has 1 aromatic heterocycles. The molecule has 0 saturated carbocycles. The standard InChI is InChI=1S/C35H38F2N4O2S.2ClH/c1-39(2)33-38-31(24-44-33)34(27-11-7-4-8-12-27)15-18-40(19-16-34)20-17-35(28-13-14-29(36)30(37)23-28)25-41(21-22-43-35)32(42)26-9-5-3-6-10-26;;/h3-14,23-24H,15-22,25H2,1-2H3;2*1H. The van der Waals surface area contributed by atoms with Gasteiger partial charge in [0.05, 0.1) is 18.8 Å². The van der Waals surface area contributed by atoms with Crippen LogP contribution in [0.2, 0.25) is 0 Å². The highest BCUT2D eigenvalue weighted by Gasteiger charge is 2.43. The summed E-state index contributed by atoms with van der Waals surface area (Å²) in [5.74, 6) is -1.90. The van der Waals surface area contributed by atoms with Crippen molar-refractivity contribution in [2.45, 2.75) is 30.3 Å². The van der Waals surface area contributed by atoms with Crippen LogP contribution in [-0.4, -0.2) is 74.1 Å². The SMILES string of the molecule is CN(C)c1nc(C2(c3ccccc3)CCN(CCC3(c4ccc(F)c(F)c4)CN(C(=O)c4ccccc4)CCO3)CC2)cs1.Cl.Cl. The summed E-state index contributed by atoms with van der Waals surface area (Å²) in [5.41, 5.74) is 2.40. The number of aromatic nitrogens is 1. The largest absolute Gasteiger partial charge is 0.367 e. The predicted molar refractivity (Wildman–Crippen MR) is 185 cm³/mol. The summed E-state index contributed by atoms with van der Waals surface area (Å²) in [6.45, 7) is 3.41. The molecule has 0 spiro atoms. The minimum atomic E-state index is -0.958. The highest BCUT2D eigenvalue weighted by molar-refractivity contribution is 7.13. The molecular formula is C35H40Cl2F2N4O2S. The summed E-state index contributed by atoms with van der Waals surface area (Å²) in [7, 11) is 4.04. The molecule has 0 aliphatic carbocycles. The van der Waals surface area contributed by atoms with Crippen molar-refractivity contribution in [3.63, 3.8) is 0 Å². The van der Waals surface area contributed by atoms with E-state index >= 15 is 0 Å². The van der Waals surface area contributed by atoms with Gasteiger partial charge in [0, 0.05) is 43.5 Å². The average molecular weight is 690 g/mol. The number of thiazole rings is 1. The van der Waals surface area contributed by atoms with Crippen LogP contribution in [0, 0.1) is 11.6 Å². The van der Waals surface area contributed by atoms with Gasteiger partial charge in [-0.3, -0.25) is 4.79 Å². The van der Waals surface area contributed by atoms with E-state index in [9.17, 15) is 13.6 Å². The number of ether oxygens (including phenoxy) is 1. The number of carbonyl (C=O) groups excluding carboxylic acids is 1. The number of amides is 1. The van der Waals surface area contributed by atoms with E-state index in [1.165, 1.54) is 11.6 Å². The third kappa shape index (κ3) is 7.24. The number of rotatable bonds is 8. The number of hydrogen-bond acceptors (Lipinski definition) is 6. The number of piperidine rings is 1. The molecule has 246 valence electrons. The van der Waals surface area contributed by atoms with Crippen LogP contribution < -0.4 is 4.90 Å². The Morgan fingerprint density at radius 2 is 1.59 bits per heavy atom. The second kappa shape index (κ2) is 15.2. The van der Waals surface area contributed by atoms with Crippen LogP contribution in [0.5, 0.6) is 0 Å². The molecule has 2 fully saturated rings. The minimum Gasteiger partial charge on any atom is -0.367 e. The summed E-state index contributed by atoms with van der Waals surface area (Å²) in [5, 5.41) is 3.19. The topological polar surface area (TPSA) is 48.9 Å². The maximum Gasteiger partial charge on any atom is 0.254 e. The Balaban J connectivity index is 0.00000240. The number of anilines is 1. The third-order valence-corrected chi connectivity index (χ3v) is 10.2. The first-order valence-electron chi connectivity index (χ1n) is 15.1. The van der Waals surface area contributed by atoms with Gasteiger partial charge in [-0.05, 0) is 67.7 Å². The number of morpholine rings is 1. The lowest BCUT2D eigenvalue weighted by Gasteiger charge is -2.46. The Kier molecular flexibility index (Phi) is 11.8. The van der Waals surface area contributed by atoms with E-state index in [-0.39, 0.29) is 42.7 Å². The monoisotopic (exact) mass is 688 g/mol. The molecule has 3 aromatic carbocycles. The zero-order chi connectivity index (χ0) is 30.7. The van der Waals surface area contributed by atoms with Gasteiger partial charge in [-0.25, -0.2) is 13.8 Å². The fourth-order valence-corrected chi connectivity index (χ4v) is 7.46. The van der Waals surface area contributed by atoms with E-state index in [4.69, 9.17) is 9.72 Å². The van der Waals surface area contributed by atoms with Crippen LogP contribution in [-0.2, 0) is 15.8 Å². The van der Waals surface area contributed by atoms with Gasteiger partial charge >= 0.3 is 0 Å². The van der Waals surface area contributed by atoms with Crippen LogP contribution in [0.1, 0.15) is 46.4 Å². The smallest absolute Gasteiger partial charge is 0.254 e. The maximum atomic E-state index is 14.5. The maximum absolute atomic E-state index is 14.5. The summed E-state index contributed by atoms with van der Waals surface area (Å²) in [6.07, 6.45) is 2.35. The first-order valence-corrected chi connectivity index (χ1v) is 16.0. The van der Waals surface area contributed by atoms with Crippen molar-refractivity contribution < 1.29 is 18.3 Å². The minimum absolute atomic E-state index is 0. The van der Waals surface area contributed by atoms with Gasteiger partial charge in [0.15, 0.2) is 16.8 Å². The highest BCUT2D eigenvalue weighted by atomic mass is 35.5. The fourth-order valence-electron chi connectivity index (χ4n) is 6.61. The molecule has 2 saturated heterocycles. The molecule has 1 atom stereocenters. The van der Waals surface area contributed by atoms with Crippen LogP contribution in [0.3, 0.4) is 0 Å². The third-order valence-electron chi connectivity index (χ3n) is 9.17. The molecule has 0 radical (unpaired) electrons. The van der Waals surface area contributed by atoms with Gasteiger partial charge in [-0.2, -0.15) is 0 Å². The van der Waals surface area contributed by atoms with E-state index in [2.05, 4.69) is 39.4 Å². The van der Waals surface area contributed by atoms with Gasteiger partial charge in [0.25, 0.3) is 5.91 Å². The molecule has 6 nitrogen and oxygen atoms in total. The van der Waals surface area contributed by atoms with Gasteiger partial charge in [0.1, 0.15) is 5.60 Å². The number of halogens is 4. The average Bonchev–Trinajstić information content (AvgIpc) is 3.58. The van der Waals surface area contributed by atoms with Crippen molar-refractivity contribution in [1.29, 1.82) is 0 Å². The number of nitrogens with zero attached hydrogens (tertiary/aromatic N) is 4. The molecule has 0 bridgehead atoms. The summed E-state index contributed by atoms with van der Waals surface area (Å²) < 4.78 is 35.0. The van der Waals surface area contributed by atoms with Gasteiger partial charge < -0.3 is 19.4 Å². The molecule has 6 rings (SSSR count). The lowest BCUT2D eigenvalue weighted by Crippen LogP contribution is -2.53. The van der Waals surface area contributed by atoms with Crippen LogP contribution >= 0.6 is 36.2 Å². The number of hydrogen-bond donors (Lipinski definition) is 0. The number of benzene rings is 3. The normalized spacial score (nSPS) is 19.5. The van der Waals surface area contributed by atoms with Gasteiger partial charge in [-0.15, -0.1) is 36.2 Å². The van der Waals surface area contributed by atoms with E-state index in [0.29, 0.717) is 37.2 Å². The summed E-state index contributed by atoms with van der Waals surface area (Å²) >= 11 is 1.67. The zero-order valence-electron chi connectivity index (χ0n) is 26.0. The Morgan fingerprint density at radius 3 is 2.22 bits per heavy atom. The Labute approximate surface area is 286 Å². The molecule has 46 heavy (non-hydrogen) atoms. The highest BCUT2D eigenvalue weighted by Crippen LogP contribution is 2.43. The first kappa shape index (κ1) is 35.8. The fraction of sp³-hybridized carbons (Fsp3) is 0.371. The number of carbonyl (C=O) groups is 1. The Bertz CT molecular complexity index is 1590. The lowest BCUT2D eigenvalue weighted by atomic mass is 9.70. The van der Waals surface area contributed by atoms with E-state index in [0.717, 1.165) is 42.8 Å². The zero-order valence-corrected chi connectivity index (χ0v) is 28.5. The van der Waals surface area contributed by atoms with E-state index < -0.39 is 17.2 Å². The van der Waals surface area contributed by atoms with E-state index in [1.807, 2.05) is 38.4 Å². The van der Waals surface area contributed by atoms with Crippen LogP contribution in [0.25, 0.3) is 0 Å². The van der Waals surface area contributed by atoms with E-state index in [1.54, 1.807) is 34.4 Å². The predicted octanol–water partition coefficient (Wildman–Crippen LogP) is 7.17. The second-order valence-corrected chi connectivity index (χ2v) is 12.9. The Hall–Kier alpha value is -3.08.